The highest BCUT2D eigenvalue weighted by Crippen LogP contribution is 2.29. The van der Waals surface area contributed by atoms with Crippen molar-refractivity contribution in [2.45, 2.75) is 37.2 Å². The van der Waals surface area contributed by atoms with E-state index in [1.807, 2.05) is 52.9 Å². The van der Waals surface area contributed by atoms with Crippen LogP contribution in [0, 0.1) is 0 Å². The van der Waals surface area contributed by atoms with Crippen LogP contribution in [-0.4, -0.2) is 36.4 Å². The Balaban J connectivity index is 1.49. The molecule has 9 nitrogen and oxygen atoms in total. The van der Waals surface area contributed by atoms with E-state index >= 15 is 0 Å². The van der Waals surface area contributed by atoms with Crippen LogP contribution in [-0.2, 0) is 12.3 Å². The Morgan fingerprint density at radius 3 is 2.76 bits per heavy atom. The van der Waals surface area contributed by atoms with Gasteiger partial charge in [-0.15, -0.1) is 10.2 Å². The molecule has 0 N–H and O–H groups in total. The van der Waals surface area contributed by atoms with E-state index in [0.29, 0.717) is 46.1 Å². The largest absolute Gasteiger partial charge is 0.496 e. The van der Waals surface area contributed by atoms with Crippen LogP contribution >= 0.6 is 11.8 Å². The van der Waals surface area contributed by atoms with Gasteiger partial charge < -0.3 is 9.26 Å². The molecule has 2 aromatic carbocycles. The SMILES string of the molecule is CCCCn1c(=O)c2ccccc2n2c(SCc3nc(-c4ccccc4OC)no3)nnc12. The zero-order valence-electron chi connectivity index (χ0n) is 18.3. The highest BCUT2D eigenvalue weighted by Gasteiger charge is 2.18. The van der Waals surface area contributed by atoms with Crippen LogP contribution in [0.4, 0.5) is 0 Å². The van der Waals surface area contributed by atoms with E-state index in [1.165, 1.54) is 11.8 Å². The summed E-state index contributed by atoms with van der Waals surface area (Å²) in [6, 6.07) is 15.0. The molecule has 0 aliphatic carbocycles. The van der Waals surface area contributed by atoms with E-state index in [0.717, 1.165) is 23.9 Å². The third-order valence-electron chi connectivity index (χ3n) is 5.35. The van der Waals surface area contributed by atoms with Crippen LogP contribution in [0.15, 0.2) is 63.0 Å². The average Bonchev–Trinajstić information content (AvgIpc) is 3.50. The first-order chi connectivity index (χ1) is 16.2. The molecule has 0 amide bonds. The second kappa shape index (κ2) is 9.07. The highest BCUT2D eigenvalue weighted by atomic mass is 32.2. The number of aryl methyl sites for hydroxylation is 1. The summed E-state index contributed by atoms with van der Waals surface area (Å²) in [6.45, 7) is 2.69. The minimum absolute atomic E-state index is 0.0474. The van der Waals surface area contributed by atoms with E-state index in [-0.39, 0.29) is 5.56 Å². The second-order valence-electron chi connectivity index (χ2n) is 7.45. The van der Waals surface area contributed by atoms with Crippen LogP contribution in [0.25, 0.3) is 28.1 Å². The molecule has 0 bridgehead atoms. The van der Waals surface area contributed by atoms with E-state index in [2.05, 4.69) is 27.3 Å². The van der Waals surface area contributed by atoms with Crippen molar-refractivity contribution in [2.24, 2.45) is 0 Å². The number of para-hydroxylation sites is 2. The number of hydrogen-bond donors (Lipinski definition) is 0. The molecule has 0 fully saturated rings. The quantitative estimate of drug-likeness (QED) is 0.316. The molecule has 168 valence electrons. The van der Waals surface area contributed by atoms with E-state index in [9.17, 15) is 4.79 Å². The summed E-state index contributed by atoms with van der Waals surface area (Å²) in [6.07, 6.45) is 1.86. The molecule has 0 spiro atoms. The Hall–Kier alpha value is -3.66. The first kappa shape index (κ1) is 21.2. The van der Waals surface area contributed by atoms with Gasteiger partial charge in [-0.1, -0.05) is 54.5 Å². The highest BCUT2D eigenvalue weighted by molar-refractivity contribution is 7.98. The Morgan fingerprint density at radius 1 is 1.09 bits per heavy atom. The molecule has 0 atom stereocenters. The lowest BCUT2D eigenvalue weighted by Crippen LogP contribution is -2.23. The Labute approximate surface area is 193 Å². The number of rotatable bonds is 8. The van der Waals surface area contributed by atoms with Gasteiger partial charge in [-0.05, 0) is 30.7 Å². The summed E-state index contributed by atoms with van der Waals surface area (Å²) < 4.78 is 14.5. The molecular formula is C23H22N6O3S. The molecule has 0 saturated heterocycles. The van der Waals surface area contributed by atoms with Crippen molar-refractivity contribution in [3.8, 4) is 17.1 Å². The summed E-state index contributed by atoms with van der Waals surface area (Å²) in [5, 5.41) is 14.1. The van der Waals surface area contributed by atoms with Gasteiger partial charge in [-0.25, -0.2) is 0 Å². The van der Waals surface area contributed by atoms with Crippen LogP contribution in [0.3, 0.4) is 0 Å². The number of thioether (sulfide) groups is 1. The fourth-order valence-electron chi connectivity index (χ4n) is 3.72. The van der Waals surface area contributed by atoms with Crippen molar-refractivity contribution in [1.82, 2.24) is 29.3 Å². The lowest BCUT2D eigenvalue weighted by Gasteiger charge is -2.10. The molecule has 0 unspecified atom stereocenters. The van der Waals surface area contributed by atoms with Gasteiger partial charge in [0.25, 0.3) is 5.56 Å². The number of nitrogens with zero attached hydrogens (tertiary/aromatic N) is 6. The minimum atomic E-state index is -0.0474. The summed E-state index contributed by atoms with van der Waals surface area (Å²) in [7, 11) is 1.61. The van der Waals surface area contributed by atoms with Crippen molar-refractivity contribution in [3.05, 3.63) is 64.8 Å². The average molecular weight is 463 g/mol. The number of fused-ring (bicyclic) bond motifs is 3. The number of methoxy groups -OCH3 is 1. The van der Waals surface area contributed by atoms with Gasteiger partial charge in [-0.3, -0.25) is 13.8 Å². The van der Waals surface area contributed by atoms with Crippen molar-refractivity contribution < 1.29 is 9.26 Å². The van der Waals surface area contributed by atoms with Crippen molar-refractivity contribution in [1.29, 1.82) is 0 Å². The molecular weight excluding hydrogens is 440 g/mol. The first-order valence-corrected chi connectivity index (χ1v) is 11.6. The van der Waals surface area contributed by atoms with Gasteiger partial charge in [0.15, 0.2) is 5.16 Å². The summed E-state index contributed by atoms with van der Waals surface area (Å²) >= 11 is 1.43. The Morgan fingerprint density at radius 2 is 1.91 bits per heavy atom. The maximum atomic E-state index is 13.1. The molecule has 0 saturated carbocycles. The summed E-state index contributed by atoms with van der Waals surface area (Å²) in [4.78, 5) is 17.6. The second-order valence-corrected chi connectivity index (χ2v) is 8.39. The predicted octanol–water partition coefficient (Wildman–Crippen LogP) is 4.20. The number of ether oxygens (including phenoxy) is 1. The van der Waals surface area contributed by atoms with E-state index in [4.69, 9.17) is 9.26 Å². The Kier molecular flexibility index (Phi) is 5.82. The maximum Gasteiger partial charge on any atom is 0.262 e. The zero-order valence-corrected chi connectivity index (χ0v) is 19.1. The normalized spacial score (nSPS) is 11.5. The number of aromatic nitrogens is 6. The fraction of sp³-hybridized carbons (Fsp3) is 0.261. The van der Waals surface area contributed by atoms with Gasteiger partial charge in [0, 0.05) is 6.54 Å². The van der Waals surface area contributed by atoms with Crippen LogP contribution in [0.2, 0.25) is 0 Å². The van der Waals surface area contributed by atoms with Crippen LogP contribution in [0.5, 0.6) is 5.75 Å². The molecule has 3 aromatic heterocycles. The van der Waals surface area contributed by atoms with Crippen LogP contribution in [0.1, 0.15) is 25.7 Å². The molecule has 0 radical (unpaired) electrons. The fourth-order valence-corrected chi connectivity index (χ4v) is 4.50. The topological polar surface area (TPSA) is 100 Å². The minimum Gasteiger partial charge on any atom is -0.496 e. The molecule has 10 heteroatoms. The van der Waals surface area contributed by atoms with Gasteiger partial charge in [0.1, 0.15) is 5.75 Å². The third-order valence-corrected chi connectivity index (χ3v) is 6.27. The lowest BCUT2D eigenvalue weighted by atomic mass is 10.2. The number of benzene rings is 2. The van der Waals surface area contributed by atoms with Gasteiger partial charge in [0.2, 0.25) is 17.5 Å². The van der Waals surface area contributed by atoms with Gasteiger partial charge in [0.05, 0.1) is 29.3 Å². The summed E-state index contributed by atoms with van der Waals surface area (Å²) in [5.74, 6) is 2.55. The van der Waals surface area contributed by atoms with Crippen molar-refractivity contribution in [2.75, 3.05) is 7.11 Å². The summed E-state index contributed by atoms with van der Waals surface area (Å²) in [5.41, 5.74) is 1.49. The molecule has 5 rings (SSSR count). The standard InChI is InChI=1S/C23H22N6O3S/c1-3-4-13-28-21(30)15-9-5-7-11-17(15)29-22(28)25-26-23(29)33-14-19-24-20(27-32-19)16-10-6-8-12-18(16)31-2/h5-12H,3-4,13-14H2,1-2H3. The number of unbranched alkanes of at least 4 members (excludes halogenated alkanes) is 1. The molecule has 3 heterocycles. The van der Waals surface area contributed by atoms with E-state index < -0.39 is 0 Å². The van der Waals surface area contributed by atoms with Crippen molar-refractivity contribution in [3.63, 3.8) is 0 Å². The first-order valence-electron chi connectivity index (χ1n) is 10.7. The molecule has 0 aliphatic rings. The number of hydrogen-bond acceptors (Lipinski definition) is 8. The van der Waals surface area contributed by atoms with Gasteiger partial charge in [-0.2, -0.15) is 4.98 Å². The third kappa shape index (κ3) is 3.86. The lowest BCUT2D eigenvalue weighted by molar-refractivity contribution is 0.390. The molecule has 0 aliphatic heterocycles. The van der Waals surface area contributed by atoms with Crippen molar-refractivity contribution >= 4 is 28.4 Å². The monoisotopic (exact) mass is 462 g/mol. The Bertz CT molecular complexity index is 1490. The zero-order chi connectivity index (χ0) is 22.8. The maximum absolute atomic E-state index is 13.1. The predicted molar refractivity (Wildman–Crippen MR) is 126 cm³/mol. The molecule has 33 heavy (non-hydrogen) atoms. The van der Waals surface area contributed by atoms with Gasteiger partial charge >= 0.3 is 0 Å². The molecule has 5 aromatic rings. The van der Waals surface area contributed by atoms with Crippen LogP contribution < -0.4 is 10.3 Å². The smallest absolute Gasteiger partial charge is 0.262 e. The van der Waals surface area contributed by atoms with E-state index in [1.54, 1.807) is 11.7 Å².